The van der Waals surface area contributed by atoms with Crippen LogP contribution >= 0.6 is 7.82 Å². The molecule has 0 aromatic rings. The van der Waals surface area contributed by atoms with Crippen LogP contribution in [-0.2, 0) is 18.4 Å². The minimum Gasteiger partial charge on any atom is -0.387 e. The van der Waals surface area contributed by atoms with Crippen molar-refractivity contribution < 1.29 is 53.9 Å². The molecule has 0 bridgehead atoms. The molecule has 48 heavy (non-hydrogen) atoms. The third kappa shape index (κ3) is 19.5. The predicted octanol–water partition coefficient (Wildman–Crippen LogP) is 4.94. The van der Waals surface area contributed by atoms with E-state index in [1.165, 1.54) is 83.1 Å². The summed E-state index contributed by atoms with van der Waals surface area (Å²) in [5.41, 5.74) is 0. The summed E-state index contributed by atoms with van der Waals surface area (Å²) in [4.78, 5) is 23.1. The van der Waals surface area contributed by atoms with Crippen LogP contribution in [0.15, 0.2) is 12.2 Å². The van der Waals surface area contributed by atoms with E-state index >= 15 is 0 Å². The van der Waals surface area contributed by atoms with Crippen LogP contribution in [0.3, 0.4) is 0 Å². The van der Waals surface area contributed by atoms with Gasteiger partial charge in [-0.1, -0.05) is 135 Å². The van der Waals surface area contributed by atoms with Gasteiger partial charge in [0, 0.05) is 6.42 Å². The first-order chi connectivity index (χ1) is 22.9. The van der Waals surface area contributed by atoms with E-state index in [-0.39, 0.29) is 12.3 Å². The zero-order chi connectivity index (χ0) is 35.8. The van der Waals surface area contributed by atoms with Crippen molar-refractivity contribution in [2.24, 2.45) is 0 Å². The number of allylic oxidation sites excluding steroid dienone is 1. The van der Waals surface area contributed by atoms with E-state index in [4.69, 9.17) is 9.05 Å². The Bertz CT molecular complexity index is 879. The Morgan fingerprint density at radius 1 is 0.688 bits per heavy atom. The molecule has 0 aromatic heterocycles. The van der Waals surface area contributed by atoms with Crippen LogP contribution in [-0.4, -0.2) is 96.8 Å². The fourth-order valence-electron chi connectivity index (χ4n) is 5.90. The lowest BCUT2D eigenvalue weighted by Crippen LogP contribution is -2.64. The van der Waals surface area contributed by atoms with E-state index in [2.05, 4.69) is 19.2 Å². The van der Waals surface area contributed by atoms with Crippen molar-refractivity contribution in [2.75, 3.05) is 6.61 Å². The van der Waals surface area contributed by atoms with Gasteiger partial charge in [0.15, 0.2) is 0 Å². The zero-order valence-corrected chi connectivity index (χ0v) is 30.4. The summed E-state index contributed by atoms with van der Waals surface area (Å²) in [7, 11) is -5.06. The molecule has 9 atom stereocenters. The van der Waals surface area contributed by atoms with Crippen LogP contribution in [0.2, 0.25) is 0 Å². The van der Waals surface area contributed by atoms with E-state index in [0.29, 0.717) is 6.42 Å². The molecular weight excluding hydrogens is 641 g/mol. The van der Waals surface area contributed by atoms with E-state index in [0.717, 1.165) is 44.9 Å². The maximum Gasteiger partial charge on any atom is 0.472 e. The maximum absolute atomic E-state index is 12.8. The van der Waals surface area contributed by atoms with Gasteiger partial charge in [-0.2, -0.15) is 0 Å². The lowest BCUT2D eigenvalue weighted by atomic mass is 9.85. The number of aliphatic hydroxyl groups is 6. The second kappa shape index (κ2) is 26.8. The second-order valence-corrected chi connectivity index (χ2v) is 14.8. The maximum atomic E-state index is 12.8. The number of hydrogen-bond donors (Lipinski definition) is 8. The summed E-state index contributed by atoms with van der Waals surface area (Å²) in [5.74, 6) is -0.348. The normalized spacial score (nSPS) is 25.6. The molecule has 0 spiro atoms. The summed E-state index contributed by atoms with van der Waals surface area (Å²) in [6.45, 7) is 3.75. The van der Waals surface area contributed by atoms with Gasteiger partial charge >= 0.3 is 7.82 Å². The molecule has 12 nitrogen and oxygen atoms in total. The number of nitrogens with one attached hydrogen (secondary N) is 1. The Morgan fingerprint density at radius 2 is 1.10 bits per heavy atom. The van der Waals surface area contributed by atoms with Gasteiger partial charge in [0.05, 0.1) is 18.8 Å². The predicted molar refractivity (Wildman–Crippen MR) is 186 cm³/mol. The number of carbonyl (C=O) groups excluding carboxylic acids is 1. The minimum atomic E-state index is -5.06. The third-order valence-electron chi connectivity index (χ3n) is 9.07. The molecule has 1 aliphatic rings. The molecule has 0 aliphatic heterocycles. The number of aliphatic hydroxyl groups excluding tert-OH is 6. The highest BCUT2D eigenvalue weighted by Gasteiger charge is 2.51. The van der Waals surface area contributed by atoms with Crippen molar-refractivity contribution in [2.45, 2.75) is 197 Å². The van der Waals surface area contributed by atoms with Gasteiger partial charge in [-0.15, -0.1) is 0 Å². The van der Waals surface area contributed by atoms with Crippen molar-refractivity contribution >= 4 is 13.7 Å². The van der Waals surface area contributed by atoms with E-state index in [9.17, 15) is 44.9 Å². The quantitative estimate of drug-likeness (QED) is 0.0297. The number of phosphoric ester groups is 1. The Morgan fingerprint density at radius 3 is 1.58 bits per heavy atom. The minimum absolute atomic E-state index is 0.215. The number of amides is 1. The Labute approximate surface area is 288 Å². The number of rotatable bonds is 29. The molecule has 0 heterocycles. The SMILES string of the molecule is CCCCCCCCCCCCC/C=C/[C@@H](O)[C@H](COP(=O)(O)OC1C(O)C(O)C(O)[C@@H](O)C1O)NC(=O)CCCCCCCCCC. The average molecular weight is 710 g/mol. The summed E-state index contributed by atoms with van der Waals surface area (Å²) in [5, 5.41) is 63.5. The van der Waals surface area contributed by atoms with Crippen LogP contribution < -0.4 is 5.32 Å². The number of carbonyl (C=O) groups is 1. The van der Waals surface area contributed by atoms with Crippen molar-refractivity contribution in [3.63, 3.8) is 0 Å². The van der Waals surface area contributed by atoms with Gasteiger partial charge < -0.3 is 40.8 Å². The summed E-state index contributed by atoms with van der Waals surface area (Å²) >= 11 is 0. The van der Waals surface area contributed by atoms with Gasteiger partial charge in [-0.3, -0.25) is 13.8 Å². The van der Waals surface area contributed by atoms with Crippen LogP contribution in [0.5, 0.6) is 0 Å². The van der Waals surface area contributed by atoms with Gasteiger partial charge in [0.1, 0.15) is 36.6 Å². The molecule has 0 aromatic carbocycles. The molecule has 8 N–H and O–H groups in total. The van der Waals surface area contributed by atoms with Crippen LogP contribution in [0.1, 0.15) is 149 Å². The fourth-order valence-corrected chi connectivity index (χ4v) is 6.87. The van der Waals surface area contributed by atoms with Crippen LogP contribution in [0.4, 0.5) is 0 Å². The van der Waals surface area contributed by atoms with E-state index in [1.54, 1.807) is 0 Å². The second-order valence-electron chi connectivity index (χ2n) is 13.4. The zero-order valence-electron chi connectivity index (χ0n) is 29.5. The summed E-state index contributed by atoms with van der Waals surface area (Å²) in [6.07, 6.45) is 13.2. The number of unbranched alkanes of at least 4 members (excludes halogenated alkanes) is 18. The van der Waals surface area contributed by atoms with Crippen molar-refractivity contribution in [1.29, 1.82) is 0 Å². The van der Waals surface area contributed by atoms with Crippen LogP contribution in [0.25, 0.3) is 0 Å². The van der Waals surface area contributed by atoms with Crippen LogP contribution in [0, 0.1) is 0 Å². The lowest BCUT2D eigenvalue weighted by Gasteiger charge is -2.41. The number of phosphoric acid groups is 1. The van der Waals surface area contributed by atoms with E-state index < -0.39 is 63.2 Å². The third-order valence-corrected chi connectivity index (χ3v) is 10.1. The lowest BCUT2D eigenvalue weighted by molar-refractivity contribution is -0.220. The van der Waals surface area contributed by atoms with Gasteiger partial charge in [-0.25, -0.2) is 4.57 Å². The number of hydrogen-bond acceptors (Lipinski definition) is 10. The molecular formula is C35H68NO11P. The molecule has 284 valence electrons. The average Bonchev–Trinajstić information content (AvgIpc) is 3.06. The fraction of sp³-hybridized carbons (Fsp3) is 0.914. The van der Waals surface area contributed by atoms with Gasteiger partial charge in [-0.05, 0) is 19.3 Å². The molecule has 1 rings (SSSR count). The molecule has 6 unspecified atom stereocenters. The standard InChI is InChI=1S/C35H68NO11P/c1-3-5-7-9-11-13-14-15-16-17-18-20-22-24-28(37)27(36-29(38)25-23-21-19-12-10-8-6-4-2)26-46-48(44,45)47-35-33(42)31(40)30(39)32(41)34(35)43/h22,24,27-28,30-35,37,39-43H,3-21,23,25-26H2,1-2H3,(H,36,38)(H,44,45)/b24-22+/t27-,28+,30?,31+,32?,33?,34?,35?/m0/s1. The highest BCUT2D eigenvalue weighted by atomic mass is 31.2. The summed E-state index contributed by atoms with van der Waals surface area (Å²) < 4.78 is 22.7. The Kier molecular flexibility index (Phi) is 25.2. The monoisotopic (exact) mass is 709 g/mol. The smallest absolute Gasteiger partial charge is 0.387 e. The van der Waals surface area contributed by atoms with Gasteiger partial charge in [0.2, 0.25) is 5.91 Å². The van der Waals surface area contributed by atoms with E-state index in [1.807, 2.05) is 6.08 Å². The highest BCUT2D eigenvalue weighted by molar-refractivity contribution is 7.47. The first kappa shape index (κ1) is 45.1. The van der Waals surface area contributed by atoms with Crippen molar-refractivity contribution in [3.05, 3.63) is 12.2 Å². The van der Waals surface area contributed by atoms with Crippen molar-refractivity contribution in [1.82, 2.24) is 5.32 Å². The topological polar surface area (TPSA) is 206 Å². The molecule has 0 saturated heterocycles. The molecule has 1 fully saturated rings. The molecule has 0 radical (unpaired) electrons. The first-order valence-electron chi connectivity index (χ1n) is 18.6. The molecule has 1 amide bonds. The Hall–Kier alpha value is -0.920. The van der Waals surface area contributed by atoms with Gasteiger partial charge in [0.25, 0.3) is 0 Å². The highest BCUT2D eigenvalue weighted by Crippen LogP contribution is 2.47. The largest absolute Gasteiger partial charge is 0.472 e. The molecule has 13 heteroatoms. The molecule has 1 saturated carbocycles. The summed E-state index contributed by atoms with van der Waals surface area (Å²) in [6, 6.07) is -1.11. The first-order valence-corrected chi connectivity index (χ1v) is 20.1. The molecule has 1 aliphatic carbocycles. The van der Waals surface area contributed by atoms with Crippen molar-refractivity contribution in [3.8, 4) is 0 Å². The Balaban J connectivity index is 2.62.